The number of nitrogens with zero attached hydrogens (tertiary/aromatic N) is 1. The Morgan fingerprint density at radius 1 is 1.27 bits per heavy atom. The summed E-state index contributed by atoms with van der Waals surface area (Å²) >= 11 is 0. The van der Waals surface area contributed by atoms with Crippen LogP contribution in [0.1, 0.15) is 32.1 Å². The van der Waals surface area contributed by atoms with E-state index in [9.17, 15) is 19.2 Å². The minimum Gasteiger partial charge on any atom is -0.481 e. The Morgan fingerprint density at radius 2 is 1.95 bits per heavy atom. The quantitative estimate of drug-likeness (QED) is 0.437. The van der Waals surface area contributed by atoms with Crippen molar-refractivity contribution in [2.75, 3.05) is 13.1 Å². The highest BCUT2D eigenvalue weighted by atomic mass is 16.4. The first-order chi connectivity index (χ1) is 10.4. The first kappa shape index (κ1) is 17.9. The van der Waals surface area contributed by atoms with Gasteiger partial charge in [0.2, 0.25) is 11.8 Å². The molecule has 0 saturated carbocycles. The lowest BCUT2D eigenvalue weighted by Gasteiger charge is -2.25. The second kappa shape index (κ2) is 8.32. The third-order valence-corrected chi connectivity index (χ3v) is 3.55. The fourth-order valence-electron chi connectivity index (χ4n) is 2.44. The van der Waals surface area contributed by atoms with E-state index >= 15 is 0 Å². The Hall–Kier alpha value is -2.16. The zero-order chi connectivity index (χ0) is 16.7. The summed E-state index contributed by atoms with van der Waals surface area (Å²) in [6.45, 7) is 0.218. The lowest BCUT2D eigenvalue weighted by atomic mass is 10.1. The zero-order valence-electron chi connectivity index (χ0n) is 12.2. The largest absolute Gasteiger partial charge is 0.481 e. The van der Waals surface area contributed by atoms with E-state index in [-0.39, 0.29) is 31.7 Å². The number of nitrogens with two attached hydrogens (primary N) is 1. The molecule has 0 aliphatic carbocycles. The number of carbonyl (C=O) groups excluding carboxylic acids is 2. The highest BCUT2D eigenvalue weighted by Crippen LogP contribution is 2.17. The number of rotatable bonds is 8. The van der Waals surface area contributed by atoms with Crippen molar-refractivity contribution in [1.82, 2.24) is 10.2 Å². The normalized spacial score (nSPS) is 18.8. The maximum Gasteiger partial charge on any atom is 0.326 e. The second-order valence-corrected chi connectivity index (χ2v) is 5.13. The lowest BCUT2D eigenvalue weighted by Crippen LogP contribution is -2.51. The second-order valence-electron chi connectivity index (χ2n) is 5.13. The van der Waals surface area contributed by atoms with E-state index in [4.69, 9.17) is 15.9 Å². The predicted octanol–water partition coefficient (Wildman–Crippen LogP) is -1.24. The number of nitrogens with one attached hydrogen (secondary N) is 1. The lowest BCUT2D eigenvalue weighted by molar-refractivity contribution is -0.144. The van der Waals surface area contributed by atoms with Gasteiger partial charge in [-0.2, -0.15) is 0 Å². The van der Waals surface area contributed by atoms with Crippen LogP contribution in [0, 0.1) is 0 Å². The van der Waals surface area contributed by atoms with Crippen LogP contribution in [0.4, 0.5) is 0 Å². The molecule has 9 nitrogen and oxygen atoms in total. The van der Waals surface area contributed by atoms with Crippen LogP contribution in [0.15, 0.2) is 0 Å². The molecule has 0 aromatic heterocycles. The molecule has 1 aliphatic rings. The van der Waals surface area contributed by atoms with Crippen LogP contribution < -0.4 is 11.1 Å². The first-order valence-electron chi connectivity index (χ1n) is 7.11. The Labute approximate surface area is 127 Å². The number of carboxylic acid groups (broad SMARTS) is 2. The van der Waals surface area contributed by atoms with E-state index in [0.717, 1.165) is 0 Å². The van der Waals surface area contributed by atoms with Crippen LogP contribution >= 0.6 is 0 Å². The minimum atomic E-state index is -1.23. The van der Waals surface area contributed by atoms with Gasteiger partial charge in [-0.05, 0) is 25.7 Å². The molecule has 1 saturated heterocycles. The van der Waals surface area contributed by atoms with Crippen LogP contribution in [0.25, 0.3) is 0 Å². The fourth-order valence-corrected chi connectivity index (χ4v) is 2.44. The third-order valence-electron chi connectivity index (χ3n) is 3.55. The molecule has 22 heavy (non-hydrogen) atoms. The van der Waals surface area contributed by atoms with E-state index in [1.165, 1.54) is 4.90 Å². The van der Waals surface area contributed by atoms with Gasteiger partial charge in [0.25, 0.3) is 0 Å². The number of likely N-dealkylation sites (tertiary alicyclic amines) is 1. The molecule has 0 aromatic rings. The average molecular weight is 315 g/mol. The Kier molecular flexibility index (Phi) is 6.77. The number of hydrogen-bond acceptors (Lipinski definition) is 5. The molecule has 0 spiro atoms. The van der Waals surface area contributed by atoms with Gasteiger partial charge in [0.05, 0.1) is 6.54 Å². The van der Waals surface area contributed by atoms with Crippen LogP contribution in [0.3, 0.4) is 0 Å². The van der Waals surface area contributed by atoms with Crippen LogP contribution in [0.2, 0.25) is 0 Å². The highest BCUT2D eigenvalue weighted by Gasteiger charge is 2.35. The molecule has 0 radical (unpaired) electrons. The van der Waals surface area contributed by atoms with E-state index in [0.29, 0.717) is 19.4 Å². The Bertz CT molecular complexity index is 453. The summed E-state index contributed by atoms with van der Waals surface area (Å²) < 4.78 is 0. The summed E-state index contributed by atoms with van der Waals surface area (Å²) in [5.74, 6) is -3.14. The van der Waals surface area contributed by atoms with Crippen molar-refractivity contribution in [3.8, 4) is 0 Å². The third kappa shape index (κ3) is 4.99. The predicted molar refractivity (Wildman–Crippen MR) is 74.8 cm³/mol. The van der Waals surface area contributed by atoms with Gasteiger partial charge in [-0.25, -0.2) is 4.79 Å². The number of amides is 2. The SMILES string of the molecule is NCC(=O)N1CCC[C@H]1C(=O)N[C@H](CCCC(=O)O)C(=O)O. The summed E-state index contributed by atoms with van der Waals surface area (Å²) in [5, 5.41) is 20.0. The molecule has 9 heteroatoms. The molecule has 0 aromatic carbocycles. The number of carbonyl (C=O) groups is 4. The molecule has 1 fully saturated rings. The summed E-state index contributed by atoms with van der Waals surface area (Å²) in [6.07, 6.45) is 1.11. The minimum absolute atomic E-state index is 0.0188. The van der Waals surface area contributed by atoms with Crippen LogP contribution in [-0.2, 0) is 19.2 Å². The van der Waals surface area contributed by atoms with E-state index in [1.807, 2.05) is 0 Å². The van der Waals surface area contributed by atoms with Gasteiger partial charge < -0.3 is 26.2 Å². The molecule has 0 unspecified atom stereocenters. The van der Waals surface area contributed by atoms with Gasteiger partial charge in [0.1, 0.15) is 12.1 Å². The summed E-state index contributed by atoms with van der Waals surface area (Å²) in [5.41, 5.74) is 5.29. The van der Waals surface area contributed by atoms with Crippen molar-refractivity contribution in [2.24, 2.45) is 5.73 Å². The van der Waals surface area contributed by atoms with Crippen molar-refractivity contribution in [3.05, 3.63) is 0 Å². The molecule has 1 heterocycles. The molecule has 2 amide bonds. The fraction of sp³-hybridized carbons (Fsp3) is 0.692. The summed E-state index contributed by atoms with van der Waals surface area (Å²) in [4.78, 5) is 46.7. The Balaban J connectivity index is 2.60. The van der Waals surface area contributed by atoms with Crippen LogP contribution in [0.5, 0.6) is 0 Å². The van der Waals surface area contributed by atoms with Crippen molar-refractivity contribution in [3.63, 3.8) is 0 Å². The van der Waals surface area contributed by atoms with Crippen molar-refractivity contribution in [1.29, 1.82) is 0 Å². The standard InChI is InChI=1S/C13H21N3O6/c14-7-10(17)16-6-2-4-9(16)12(20)15-8(13(21)22)3-1-5-11(18)19/h8-9H,1-7,14H2,(H,15,20)(H,18,19)(H,21,22)/t8-,9+/m1/s1. The van der Waals surface area contributed by atoms with E-state index in [2.05, 4.69) is 5.32 Å². The number of hydrogen-bond donors (Lipinski definition) is 4. The van der Waals surface area contributed by atoms with E-state index in [1.54, 1.807) is 0 Å². The van der Waals surface area contributed by atoms with Gasteiger partial charge in [0.15, 0.2) is 0 Å². The number of carboxylic acids is 2. The monoisotopic (exact) mass is 315 g/mol. The van der Waals surface area contributed by atoms with Crippen molar-refractivity contribution >= 4 is 23.8 Å². The molecule has 124 valence electrons. The zero-order valence-corrected chi connectivity index (χ0v) is 12.2. The molecule has 2 atom stereocenters. The van der Waals surface area contributed by atoms with Crippen molar-refractivity contribution in [2.45, 2.75) is 44.2 Å². The highest BCUT2D eigenvalue weighted by molar-refractivity contribution is 5.91. The average Bonchev–Trinajstić information content (AvgIpc) is 2.94. The van der Waals surface area contributed by atoms with Gasteiger partial charge in [0, 0.05) is 13.0 Å². The molecular weight excluding hydrogens is 294 g/mol. The topological polar surface area (TPSA) is 150 Å². The molecule has 0 bridgehead atoms. The summed E-state index contributed by atoms with van der Waals surface area (Å²) in [6, 6.07) is -1.88. The van der Waals surface area contributed by atoms with Gasteiger partial charge in [-0.3, -0.25) is 14.4 Å². The molecular formula is C13H21N3O6. The molecule has 5 N–H and O–H groups in total. The maximum absolute atomic E-state index is 12.2. The van der Waals surface area contributed by atoms with Gasteiger partial charge >= 0.3 is 11.9 Å². The van der Waals surface area contributed by atoms with Gasteiger partial charge in [-0.1, -0.05) is 0 Å². The van der Waals surface area contributed by atoms with Gasteiger partial charge in [-0.15, -0.1) is 0 Å². The Morgan fingerprint density at radius 3 is 2.50 bits per heavy atom. The smallest absolute Gasteiger partial charge is 0.326 e. The van der Waals surface area contributed by atoms with E-state index < -0.39 is 29.9 Å². The first-order valence-corrected chi connectivity index (χ1v) is 7.11. The maximum atomic E-state index is 12.2. The van der Waals surface area contributed by atoms with Crippen molar-refractivity contribution < 1.29 is 29.4 Å². The summed E-state index contributed by atoms with van der Waals surface area (Å²) in [7, 11) is 0. The van der Waals surface area contributed by atoms with Crippen LogP contribution in [-0.4, -0.2) is 64.0 Å². The molecule has 1 aliphatic heterocycles. The molecule has 1 rings (SSSR count). The number of aliphatic carboxylic acids is 2.